The van der Waals surface area contributed by atoms with E-state index < -0.39 is 0 Å². The number of rotatable bonds is 6. The summed E-state index contributed by atoms with van der Waals surface area (Å²) in [7, 11) is 1.59. The van der Waals surface area contributed by atoms with Crippen molar-refractivity contribution in [1.29, 1.82) is 0 Å². The Morgan fingerprint density at radius 3 is 3.00 bits per heavy atom. The van der Waals surface area contributed by atoms with Gasteiger partial charge in [-0.1, -0.05) is 15.9 Å². The van der Waals surface area contributed by atoms with E-state index in [1.807, 2.05) is 30.3 Å². The van der Waals surface area contributed by atoms with Crippen LogP contribution in [0.25, 0.3) is 0 Å². The lowest BCUT2D eigenvalue weighted by atomic mass is 10.2. The Kier molecular flexibility index (Phi) is 6.73. The highest BCUT2D eigenvalue weighted by Gasteiger charge is 2.23. The molecule has 3 rings (SSSR count). The number of ether oxygens (including phenoxy) is 1. The molecular weight excluding hydrogens is 430 g/mol. The quantitative estimate of drug-likeness (QED) is 0.731. The van der Waals surface area contributed by atoms with Crippen LogP contribution in [0.15, 0.2) is 46.0 Å². The topological polar surface area (TPSA) is 71.5 Å². The van der Waals surface area contributed by atoms with Gasteiger partial charge >= 0.3 is 0 Å². The van der Waals surface area contributed by atoms with Crippen LogP contribution in [-0.2, 0) is 16.1 Å². The fraction of sp³-hybridized carbons (Fsp3) is 0.316. The molecule has 1 aliphatic rings. The van der Waals surface area contributed by atoms with Crippen LogP contribution in [-0.4, -0.2) is 36.2 Å². The van der Waals surface area contributed by atoms with Gasteiger partial charge in [-0.2, -0.15) is 0 Å². The van der Waals surface area contributed by atoms with Crippen molar-refractivity contribution in [2.45, 2.75) is 24.4 Å². The molecule has 0 radical (unpaired) electrons. The van der Waals surface area contributed by atoms with E-state index >= 15 is 0 Å². The second-order valence-corrected chi connectivity index (χ2v) is 7.95. The molecule has 2 aromatic rings. The number of thioether (sulfide) groups is 1. The summed E-state index contributed by atoms with van der Waals surface area (Å²) in [6, 6.07) is 9.34. The Labute approximate surface area is 170 Å². The lowest BCUT2D eigenvalue weighted by Crippen LogP contribution is -2.36. The van der Waals surface area contributed by atoms with Gasteiger partial charge in [0.05, 0.1) is 12.8 Å². The molecule has 1 aromatic heterocycles. The SMILES string of the molecule is COc1ccc(Br)cc1CNC(=O)CCC(=O)N1CCSc2ncccc21. The number of halogens is 1. The van der Waals surface area contributed by atoms with E-state index in [-0.39, 0.29) is 24.7 Å². The van der Waals surface area contributed by atoms with Gasteiger partial charge in [0.1, 0.15) is 10.8 Å². The number of fused-ring (bicyclic) bond motifs is 1. The van der Waals surface area contributed by atoms with Gasteiger partial charge in [-0.05, 0) is 30.3 Å². The number of hydrogen-bond donors (Lipinski definition) is 1. The van der Waals surface area contributed by atoms with Gasteiger partial charge in [0, 0.05) is 47.9 Å². The Morgan fingerprint density at radius 1 is 1.33 bits per heavy atom. The largest absolute Gasteiger partial charge is 0.496 e. The number of amides is 2. The molecule has 0 saturated carbocycles. The molecule has 2 heterocycles. The first-order chi connectivity index (χ1) is 13.1. The minimum atomic E-state index is -0.164. The number of benzene rings is 1. The number of hydrogen-bond acceptors (Lipinski definition) is 5. The van der Waals surface area contributed by atoms with E-state index in [0.717, 1.165) is 26.5 Å². The molecule has 0 atom stereocenters. The summed E-state index contributed by atoms with van der Waals surface area (Å²) in [5, 5.41) is 3.72. The molecule has 0 aliphatic carbocycles. The average molecular weight is 450 g/mol. The maximum absolute atomic E-state index is 12.6. The van der Waals surface area contributed by atoms with Gasteiger partial charge in [0.25, 0.3) is 0 Å². The molecular formula is C19H20BrN3O3S. The van der Waals surface area contributed by atoms with Crippen molar-refractivity contribution in [2.75, 3.05) is 24.3 Å². The molecule has 27 heavy (non-hydrogen) atoms. The molecule has 2 amide bonds. The lowest BCUT2D eigenvalue weighted by Gasteiger charge is -2.28. The Bertz CT molecular complexity index is 847. The van der Waals surface area contributed by atoms with Crippen molar-refractivity contribution >= 4 is 45.2 Å². The fourth-order valence-corrected chi connectivity index (χ4v) is 4.17. The number of methoxy groups -OCH3 is 1. The zero-order valence-corrected chi connectivity index (χ0v) is 17.3. The van der Waals surface area contributed by atoms with Crippen molar-refractivity contribution in [3.8, 4) is 5.75 Å². The fourth-order valence-electron chi connectivity index (χ4n) is 2.83. The highest BCUT2D eigenvalue weighted by atomic mass is 79.9. The zero-order chi connectivity index (χ0) is 19.2. The molecule has 0 fully saturated rings. The van der Waals surface area contributed by atoms with Crippen molar-refractivity contribution < 1.29 is 14.3 Å². The third-order valence-corrected chi connectivity index (χ3v) is 5.65. The third-order valence-electron chi connectivity index (χ3n) is 4.18. The predicted molar refractivity (Wildman–Crippen MR) is 109 cm³/mol. The van der Waals surface area contributed by atoms with E-state index in [4.69, 9.17) is 4.74 Å². The van der Waals surface area contributed by atoms with Crippen LogP contribution in [0.4, 0.5) is 5.69 Å². The van der Waals surface area contributed by atoms with E-state index in [2.05, 4.69) is 26.2 Å². The Morgan fingerprint density at radius 2 is 2.19 bits per heavy atom. The van der Waals surface area contributed by atoms with Gasteiger partial charge in [0.15, 0.2) is 0 Å². The second kappa shape index (κ2) is 9.23. The minimum absolute atomic E-state index is 0.0558. The Balaban J connectivity index is 1.53. The van der Waals surface area contributed by atoms with Crippen LogP contribution in [0.5, 0.6) is 5.75 Å². The van der Waals surface area contributed by atoms with Gasteiger partial charge in [-0.25, -0.2) is 4.98 Å². The molecule has 0 bridgehead atoms. The minimum Gasteiger partial charge on any atom is -0.496 e. The van der Waals surface area contributed by atoms with E-state index in [0.29, 0.717) is 18.8 Å². The molecule has 0 spiro atoms. The summed E-state index contributed by atoms with van der Waals surface area (Å²) < 4.78 is 6.22. The molecule has 6 nitrogen and oxygen atoms in total. The normalized spacial score (nSPS) is 13.0. The van der Waals surface area contributed by atoms with Crippen LogP contribution in [0, 0.1) is 0 Å². The molecule has 1 N–H and O–H groups in total. The monoisotopic (exact) mass is 449 g/mol. The van der Waals surface area contributed by atoms with E-state index in [1.54, 1.807) is 30.0 Å². The highest BCUT2D eigenvalue weighted by Crippen LogP contribution is 2.32. The maximum Gasteiger partial charge on any atom is 0.227 e. The van der Waals surface area contributed by atoms with Crippen molar-refractivity contribution in [1.82, 2.24) is 10.3 Å². The standard InChI is InChI=1S/C19H20BrN3O3S/c1-26-16-5-4-14(20)11-13(16)12-22-17(24)6-7-18(25)23-9-10-27-19-15(23)3-2-8-21-19/h2-5,8,11H,6-7,9-10,12H2,1H3,(H,22,24). The average Bonchev–Trinajstić information content (AvgIpc) is 2.70. The maximum atomic E-state index is 12.6. The number of pyridine rings is 1. The summed E-state index contributed by atoms with van der Waals surface area (Å²) in [5.41, 5.74) is 1.71. The van der Waals surface area contributed by atoms with Crippen molar-refractivity contribution in [3.05, 3.63) is 46.6 Å². The van der Waals surface area contributed by atoms with Crippen LogP contribution in [0.2, 0.25) is 0 Å². The molecule has 1 aliphatic heterocycles. The first-order valence-electron chi connectivity index (χ1n) is 8.56. The van der Waals surface area contributed by atoms with Gasteiger partial charge in [0.2, 0.25) is 11.8 Å². The van der Waals surface area contributed by atoms with Gasteiger partial charge in [-0.15, -0.1) is 11.8 Å². The number of aromatic nitrogens is 1. The molecule has 0 unspecified atom stereocenters. The number of nitrogens with zero attached hydrogens (tertiary/aromatic N) is 2. The predicted octanol–water partition coefficient (Wildman–Crippen LogP) is 3.39. The first kappa shape index (κ1) is 19.7. The van der Waals surface area contributed by atoms with Gasteiger partial charge in [-0.3, -0.25) is 9.59 Å². The number of carbonyl (C=O) groups excluding carboxylic acids is 2. The second-order valence-electron chi connectivity index (χ2n) is 5.95. The van der Waals surface area contributed by atoms with E-state index in [9.17, 15) is 9.59 Å². The van der Waals surface area contributed by atoms with Crippen molar-refractivity contribution in [2.24, 2.45) is 0 Å². The van der Waals surface area contributed by atoms with Crippen LogP contribution >= 0.6 is 27.7 Å². The van der Waals surface area contributed by atoms with Crippen LogP contribution in [0.3, 0.4) is 0 Å². The summed E-state index contributed by atoms with van der Waals surface area (Å²) in [6.45, 7) is 0.988. The first-order valence-corrected chi connectivity index (χ1v) is 10.3. The molecule has 0 saturated heterocycles. The number of nitrogens with one attached hydrogen (secondary N) is 1. The lowest BCUT2D eigenvalue weighted by molar-refractivity contribution is -0.125. The van der Waals surface area contributed by atoms with Crippen molar-refractivity contribution in [3.63, 3.8) is 0 Å². The van der Waals surface area contributed by atoms with Crippen LogP contribution < -0.4 is 15.0 Å². The zero-order valence-electron chi connectivity index (χ0n) is 14.9. The van der Waals surface area contributed by atoms with Gasteiger partial charge < -0.3 is 15.0 Å². The van der Waals surface area contributed by atoms with Crippen LogP contribution in [0.1, 0.15) is 18.4 Å². The number of carbonyl (C=O) groups is 2. The Hall–Kier alpha value is -2.06. The molecule has 1 aromatic carbocycles. The molecule has 142 valence electrons. The van der Waals surface area contributed by atoms with E-state index in [1.165, 1.54) is 0 Å². The number of anilines is 1. The smallest absolute Gasteiger partial charge is 0.227 e. The summed E-state index contributed by atoms with van der Waals surface area (Å²) in [5.74, 6) is 1.30. The molecule has 8 heteroatoms. The summed E-state index contributed by atoms with van der Waals surface area (Å²) in [4.78, 5) is 30.8. The summed E-state index contributed by atoms with van der Waals surface area (Å²) in [6.07, 6.45) is 2.04. The summed E-state index contributed by atoms with van der Waals surface area (Å²) >= 11 is 5.06. The third kappa shape index (κ3) is 5.01. The highest BCUT2D eigenvalue weighted by molar-refractivity contribution is 9.10.